The number of carbonyl (C=O) groups is 1. The zero-order chi connectivity index (χ0) is 19.5. The second-order valence-corrected chi connectivity index (χ2v) is 17.1. The molecule has 0 unspecified atom stereocenters. The predicted molar refractivity (Wildman–Crippen MR) is 115 cm³/mol. The fraction of sp³-hybridized carbons (Fsp3) is 0.667. The molecule has 0 bridgehead atoms. The van der Waals surface area contributed by atoms with Crippen molar-refractivity contribution in [3.8, 4) is 0 Å². The van der Waals surface area contributed by atoms with Crippen LogP contribution in [0.4, 0.5) is 4.79 Å². The zero-order valence-electron chi connectivity index (χ0n) is 17.2. The van der Waals surface area contributed by atoms with Gasteiger partial charge < -0.3 is 10.0 Å². The fourth-order valence-electron chi connectivity index (χ4n) is 4.84. The van der Waals surface area contributed by atoms with E-state index in [1.54, 1.807) is 4.90 Å². The summed E-state index contributed by atoms with van der Waals surface area (Å²) in [6.07, 6.45) is 1.09. The number of carboxylic acid groups (broad SMARTS) is 1. The Bertz CT molecular complexity index is 588. The molecule has 26 heavy (non-hydrogen) atoms. The Morgan fingerprint density at radius 3 is 2.00 bits per heavy atom. The van der Waals surface area contributed by atoms with Crippen molar-refractivity contribution < 1.29 is 9.90 Å². The maximum absolute atomic E-state index is 11.2. The Kier molecular flexibility index (Phi) is 7.25. The lowest BCUT2D eigenvalue weighted by atomic mass is 9.89. The molecule has 146 valence electrons. The Hall–Kier alpha value is -0.943. The SMILES string of the molecule is CC(C)[Si](Sc1ccccc1C1CCN(C(=O)O)CC1)(C(C)C)C(C)C. The number of rotatable bonds is 6. The molecule has 1 heterocycles. The van der Waals surface area contributed by atoms with E-state index in [1.807, 2.05) is 0 Å². The standard InChI is InChI=1S/C21H35NO2SSi/c1-15(2)26(16(3)4,17(5)6)25-20-10-8-7-9-19(20)18-11-13-22(14-12-18)21(23)24/h7-10,15-18H,11-14H2,1-6H3,(H,23,24). The van der Waals surface area contributed by atoms with Gasteiger partial charge in [-0.3, -0.25) is 0 Å². The van der Waals surface area contributed by atoms with Crippen LogP contribution in [0.25, 0.3) is 0 Å². The average molecular weight is 394 g/mol. The summed E-state index contributed by atoms with van der Waals surface area (Å²) < 4.78 is 0. The van der Waals surface area contributed by atoms with Crippen molar-refractivity contribution in [3.05, 3.63) is 29.8 Å². The van der Waals surface area contributed by atoms with Crippen LogP contribution in [0, 0.1) is 0 Å². The molecule has 1 aliphatic rings. The van der Waals surface area contributed by atoms with E-state index in [1.165, 1.54) is 10.5 Å². The second-order valence-electron chi connectivity index (χ2n) is 8.50. The quantitative estimate of drug-likeness (QED) is 0.539. The van der Waals surface area contributed by atoms with Crippen LogP contribution in [-0.2, 0) is 0 Å². The molecule has 3 nitrogen and oxygen atoms in total. The maximum atomic E-state index is 11.2. The van der Waals surface area contributed by atoms with Gasteiger partial charge in [-0.2, -0.15) is 0 Å². The van der Waals surface area contributed by atoms with Crippen LogP contribution in [0.3, 0.4) is 0 Å². The summed E-state index contributed by atoms with van der Waals surface area (Å²) in [4.78, 5) is 14.2. The van der Waals surface area contributed by atoms with Gasteiger partial charge in [-0.1, -0.05) is 59.7 Å². The molecule has 1 aromatic rings. The van der Waals surface area contributed by atoms with Crippen LogP contribution in [0.1, 0.15) is 65.9 Å². The summed E-state index contributed by atoms with van der Waals surface area (Å²) in [5, 5.41) is 9.21. The van der Waals surface area contributed by atoms with Crippen molar-refractivity contribution in [2.75, 3.05) is 13.1 Å². The highest BCUT2D eigenvalue weighted by atomic mass is 32.4. The molecule has 0 atom stereocenters. The molecule has 1 amide bonds. The monoisotopic (exact) mass is 393 g/mol. The van der Waals surface area contributed by atoms with Gasteiger partial charge >= 0.3 is 6.09 Å². The van der Waals surface area contributed by atoms with Crippen molar-refractivity contribution in [2.45, 2.75) is 81.8 Å². The third-order valence-corrected chi connectivity index (χ3v) is 18.4. The largest absolute Gasteiger partial charge is 0.465 e. The first-order chi connectivity index (χ1) is 12.2. The van der Waals surface area contributed by atoms with E-state index in [-0.39, 0.29) is 0 Å². The first-order valence-corrected chi connectivity index (χ1v) is 13.7. The summed E-state index contributed by atoms with van der Waals surface area (Å²) in [5.74, 6) is 0.479. The number of nitrogens with zero attached hydrogens (tertiary/aromatic N) is 1. The molecule has 1 fully saturated rings. The summed E-state index contributed by atoms with van der Waals surface area (Å²) in [6, 6.07) is 8.90. The van der Waals surface area contributed by atoms with Gasteiger partial charge in [-0.15, -0.1) is 11.2 Å². The van der Waals surface area contributed by atoms with Gasteiger partial charge in [0.25, 0.3) is 0 Å². The number of hydrogen-bond donors (Lipinski definition) is 1. The highest BCUT2D eigenvalue weighted by Crippen LogP contribution is 2.53. The summed E-state index contributed by atoms with van der Waals surface area (Å²) in [6.45, 7) is 15.8. The Morgan fingerprint density at radius 1 is 1.04 bits per heavy atom. The minimum atomic E-state index is -1.58. The minimum Gasteiger partial charge on any atom is -0.465 e. The lowest BCUT2D eigenvalue weighted by Crippen LogP contribution is -2.41. The van der Waals surface area contributed by atoms with Crippen LogP contribution in [0.15, 0.2) is 29.2 Å². The summed E-state index contributed by atoms with van der Waals surface area (Å²) in [7, 11) is -1.58. The number of likely N-dealkylation sites (tertiary alicyclic amines) is 1. The first-order valence-electron chi connectivity index (χ1n) is 9.95. The van der Waals surface area contributed by atoms with Gasteiger partial charge in [0, 0.05) is 18.0 Å². The molecule has 0 aromatic heterocycles. The van der Waals surface area contributed by atoms with Crippen LogP contribution in [0.5, 0.6) is 0 Å². The van der Waals surface area contributed by atoms with E-state index in [9.17, 15) is 9.90 Å². The highest BCUT2D eigenvalue weighted by molar-refractivity contribution is 8.29. The number of benzene rings is 1. The van der Waals surface area contributed by atoms with Gasteiger partial charge in [0.05, 0.1) is 0 Å². The molecule has 0 saturated carbocycles. The Morgan fingerprint density at radius 2 is 1.54 bits per heavy atom. The van der Waals surface area contributed by atoms with Crippen LogP contribution in [0.2, 0.25) is 16.6 Å². The topological polar surface area (TPSA) is 40.5 Å². The fourth-order valence-corrected chi connectivity index (χ4v) is 14.2. The zero-order valence-corrected chi connectivity index (χ0v) is 19.0. The normalized spacial score (nSPS) is 16.7. The minimum absolute atomic E-state index is 0.479. The van der Waals surface area contributed by atoms with Gasteiger partial charge in [-0.25, -0.2) is 4.79 Å². The van der Waals surface area contributed by atoms with Gasteiger partial charge in [-0.05, 0) is 47.0 Å². The molecule has 1 N–H and O–H groups in total. The van der Waals surface area contributed by atoms with E-state index in [2.05, 4.69) is 77.0 Å². The molecule has 1 aliphatic heterocycles. The number of hydrogen-bond acceptors (Lipinski definition) is 2. The van der Waals surface area contributed by atoms with Crippen molar-refractivity contribution in [1.29, 1.82) is 0 Å². The molecule has 0 aliphatic carbocycles. The van der Waals surface area contributed by atoms with E-state index >= 15 is 0 Å². The lowest BCUT2D eigenvalue weighted by molar-refractivity contribution is 0.132. The Balaban J connectivity index is 2.30. The van der Waals surface area contributed by atoms with Crippen molar-refractivity contribution in [1.82, 2.24) is 4.90 Å². The molecule has 2 rings (SSSR count). The smallest absolute Gasteiger partial charge is 0.407 e. The lowest BCUT2D eigenvalue weighted by Gasteiger charge is -2.43. The van der Waals surface area contributed by atoms with Crippen molar-refractivity contribution >= 4 is 24.5 Å². The van der Waals surface area contributed by atoms with Crippen LogP contribution >= 0.6 is 11.2 Å². The molecule has 0 spiro atoms. The molecule has 1 aromatic carbocycles. The van der Waals surface area contributed by atoms with Gasteiger partial charge in [0.2, 0.25) is 0 Å². The second kappa shape index (κ2) is 8.83. The molecule has 1 saturated heterocycles. The molecular weight excluding hydrogens is 358 g/mol. The van der Waals surface area contributed by atoms with Crippen LogP contribution < -0.4 is 0 Å². The average Bonchev–Trinajstić information content (AvgIpc) is 2.59. The number of piperidine rings is 1. The third kappa shape index (κ3) is 4.30. The predicted octanol–water partition coefficient (Wildman–Crippen LogP) is 6.81. The molecular formula is C21H35NO2SSi. The first kappa shape index (κ1) is 21.4. The highest BCUT2D eigenvalue weighted by Gasteiger charge is 2.44. The van der Waals surface area contributed by atoms with Crippen molar-refractivity contribution in [2.24, 2.45) is 0 Å². The molecule has 5 heteroatoms. The van der Waals surface area contributed by atoms with E-state index in [0.717, 1.165) is 29.5 Å². The van der Waals surface area contributed by atoms with Crippen molar-refractivity contribution in [3.63, 3.8) is 0 Å². The molecule has 0 radical (unpaired) electrons. The van der Waals surface area contributed by atoms with E-state index < -0.39 is 13.3 Å². The third-order valence-electron chi connectivity index (χ3n) is 6.12. The van der Waals surface area contributed by atoms with E-state index in [4.69, 9.17) is 0 Å². The van der Waals surface area contributed by atoms with Crippen LogP contribution in [-0.4, -0.2) is 36.4 Å². The number of amides is 1. The summed E-state index contributed by atoms with van der Waals surface area (Å²) in [5.41, 5.74) is 3.60. The van der Waals surface area contributed by atoms with Gasteiger partial charge in [0.1, 0.15) is 7.22 Å². The maximum Gasteiger partial charge on any atom is 0.407 e. The van der Waals surface area contributed by atoms with Gasteiger partial charge in [0.15, 0.2) is 0 Å². The summed E-state index contributed by atoms with van der Waals surface area (Å²) >= 11 is 2.20. The van der Waals surface area contributed by atoms with E-state index in [0.29, 0.717) is 19.0 Å². The Labute approximate surface area is 164 Å².